The van der Waals surface area contributed by atoms with E-state index in [4.69, 9.17) is 0 Å². The van der Waals surface area contributed by atoms with Gasteiger partial charge < -0.3 is 5.32 Å². The highest BCUT2D eigenvalue weighted by Crippen LogP contribution is 2.21. The van der Waals surface area contributed by atoms with Gasteiger partial charge in [0.25, 0.3) is 10.0 Å². The van der Waals surface area contributed by atoms with Crippen LogP contribution in [0.1, 0.15) is 31.7 Å². The topological polar surface area (TPSA) is 86.9 Å². The molecule has 1 rings (SSSR count). The number of hydrogen-bond donors (Lipinski definition) is 3. The van der Waals surface area contributed by atoms with Gasteiger partial charge in [-0.3, -0.25) is 5.10 Å². The number of hydrogen-bond acceptors (Lipinski definition) is 4. The average Bonchev–Trinajstić information content (AvgIpc) is 2.83. The van der Waals surface area contributed by atoms with E-state index in [0.29, 0.717) is 12.1 Å². The number of sulfonamides is 1. The van der Waals surface area contributed by atoms with Crippen molar-refractivity contribution in [3.63, 3.8) is 0 Å². The van der Waals surface area contributed by atoms with Crippen molar-refractivity contribution in [2.75, 3.05) is 13.1 Å². The van der Waals surface area contributed by atoms with E-state index in [-0.39, 0.29) is 18.0 Å². The van der Waals surface area contributed by atoms with Crippen LogP contribution in [-0.4, -0.2) is 37.9 Å². The minimum absolute atomic E-state index is 0.113. The highest BCUT2D eigenvalue weighted by molar-refractivity contribution is 7.89. The maximum absolute atomic E-state index is 12.0. The number of halogens is 3. The molecule has 0 aliphatic rings. The lowest BCUT2D eigenvalue weighted by atomic mass is 10.3. The Morgan fingerprint density at radius 2 is 2.05 bits per heavy atom. The van der Waals surface area contributed by atoms with Gasteiger partial charge in [-0.2, -0.15) is 18.3 Å². The molecule has 0 aliphatic carbocycles. The van der Waals surface area contributed by atoms with Gasteiger partial charge in [0, 0.05) is 25.1 Å². The molecule has 0 aromatic carbocycles. The fourth-order valence-corrected chi connectivity index (χ4v) is 2.83. The van der Waals surface area contributed by atoms with Gasteiger partial charge in [0.1, 0.15) is 0 Å². The van der Waals surface area contributed by atoms with Crippen LogP contribution in [0.4, 0.5) is 13.2 Å². The molecule has 0 saturated heterocycles. The molecule has 21 heavy (non-hydrogen) atoms. The summed E-state index contributed by atoms with van der Waals surface area (Å²) in [5.74, 6) is 0. The molecule has 122 valence electrons. The van der Waals surface area contributed by atoms with Gasteiger partial charge in [0.05, 0.1) is 6.20 Å². The number of H-pyrrole nitrogens is 1. The van der Waals surface area contributed by atoms with Gasteiger partial charge >= 0.3 is 6.18 Å². The number of aromatic nitrogens is 2. The Hall–Kier alpha value is -1.13. The molecule has 6 nitrogen and oxygen atoms in total. The molecule has 1 heterocycles. The third kappa shape index (κ3) is 6.44. The molecule has 0 amide bonds. The normalized spacial score (nSPS) is 12.8. The van der Waals surface area contributed by atoms with Crippen molar-refractivity contribution < 1.29 is 21.6 Å². The van der Waals surface area contributed by atoms with Gasteiger partial charge in [-0.05, 0) is 19.4 Å². The lowest BCUT2D eigenvalue weighted by Gasteiger charge is -2.09. The van der Waals surface area contributed by atoms with Crippen LogP contribution in [0, 0.1) is 0 Å². The van der Waals surface area contributed by atoms with Crippen molar-refractivity contribution in [3.05, 3.63) is 11.8 Å². The number of nitrogens with one attached hydrogen (secondary N) is 3. The number of aromatic amines is 1. The smallest absolute Gasteiger partial charge is 0.313 e. The summed E-state index contributed by atoms with van der Waals surface area (Å²) in [7, 11) is -3.88. The van der Waals surface area contributed by atoms with Crippen LogP contribution in [0.25, 0.3) is 0 Å². The fraction of sp³-hybridized carbons (Fsp3) is 0.727. The first-order valence-corrected chi connectivity index (χ1v) is 8.04. The summed E-state index contributed by atoms with van der Waals surface area (Å²) in [6.07, 6.45) is -3.33. The van der Waals surface area contributed by atoms with Crippen molar-refractivity contribution >= 4 is 10.0 Å². The second-order valence-electron chi connectivity index (χ2n) is 4.52. The average molecular weight is 328 g/mol. The second-order valence-corrected chi connectivity index (χ2v) is 6.22. The van der Waals surface area contributed by atoms with Gasteiger partial charge in [-0.15, -0.1) is 0 Å². The Kier molecular flexibility index (Phi) is 6.62. The molecular weight excluding hydrogens is 309 g/mol. The first-order chi connectivity index (χ1) is 9.76. The molecule has 0 bridgehead atoms. The molecule has 1 aromatic rings. The fourth-order valence-electron chi connectivity index (χ4n) is 1.63. The van der Waals surface area contributed by atoms with E-state index in [0.717, 1.165) is 13.0 Å². The number of nitrogens with zero attached hydrogens (tertiary/aromatic N) is 1. The minimum atomic E-state index is -4.28. The molecule has 1 aromatic heterocycles. The zero-order chi connectivity index (χ0) is 15.9. The van der Waals surface area contributed by atoms with Gasteiger partial charge in [-0.25, -0.2) is 13.1 Å². The van der Waals surface area contributed by atoms with Crippen LogP contribution >= 0.6 is 0 Å². The van der Waals surface area contributed by atoms with Crippen molar-refractivity contribution in [2.24, 2.45) is 0 Å². The van der Waals surface area contributed by atoms with Crippen LogP contribution < -0.4 is 10.0 Å². The van der Waals surface area contributed by atoms with E-state index in [1.165, 1.54) is 6.20 Å². The Bertz CT molecular complexity index is 528. The maximum atomic E-state index is 12.0. The molecule has 0 aliphatic heterocycles. The summed E-state index contributed by atoms with van der Waals surface area (Å²) in [6, 6.07) is 0. The SMILES string of the molecule is CCCNCc1cn[nH]c1S(=O)(=O)NCCCC(F)(F)F. The van der Waals surface area contributed by atoms with Crippen LogP contribution in [0.15, 0.2) is 11.2 Å². The summed E-state index contributed by atoms with van der Waals surface area (Å²) >= 11 is 0. The van der Waals surface area contributed by atoms with E-state index >= 15 is 0 Å². The predicted molar refractivity (Wildman–Crippen MR) is 71.1 cm³/mol. The highest BCUT2D eigenvalue weighted by Gasteiger charge is 2.27. The van der Waals surface area contributed by atoms with Crippen molar-refractivity contribution in [3.8, 4) is 0 Å². The van der Waals surface area contributed by atoms with Crippen LogP contribution in [0.3, 0.4) is 0 Å². The third-order valence-corrected chi connectivity index (χ3v) is 4.09. The highest BCUT2D eigenvalue weighted by atomic mass is 32.2. The molecular formula is C11H19F3N4O2S. The van der Waals surface area contributed by atoms with Gasteiger partial charge in [0.2, 0.25) is 0 Å². The Balaban J connectivity index is 2.56. The summed E-state index contributed by atoms with van der Waals surface area (Å²) in [5, 5.41) is 8.96. The van der Waals surface area contributed by atoms with E-state index in [2.05, 4.69) is 20.2 Å². The van der Waals surface area contributed by atoms with E-state index in [1.807, 2.05) is 6.92 Å². The molecule has 3 N–H and O–H groups in total. The van der Waals surface area contributed by atoms with Crippen LogP contribution in [0.2, 0.25) is 0 Å². The molecule has 0 atom stereocenters. The molecule has 0 unspecified atom stereocenters. The first-order valence-electron chi connectivity index (χ1n) is 6.55. The van der Waals surface area contributed by atoms with Gasteiger partial charge in [-0.1, -0.05) is 6.92 Å². The molecule has 0 radical (unpaired) electrons. The number of rotatable bonds is 9. The molecule has 0 fully saturated rings. The Morgan fingerprint density at radius 1 is 1.33 bits per heavy atom. The second kappa shape index (κ2) is 7.76. The van der Waals surface area contributed by atoms with E-state index in [1.54, 1.807) is 0 Å². The predicted octanol–water partition coefficient (Wildman–Crippen LogP) is 1.53. The minimum Gasteiger partial charge on any atom is -0.313 e. The standard InChI is InChI=1S/C11H19F3N4O2S/c1-2-5-15-7-9-8-16-18-10(9)21(19,20)17-6-3-4-11(12,13)14/h8,15,17H,2-7H2,1H3,(H,16,18). The molecule has 0 saturated carbocycles. The lowest BCUT2D eigenvalue weighted by molar-refractivity contribution is -0.135. The number of alkyl halides is 3. The zero-order valence-electron chi connectivity index (χ0n) is 11.6. The van der Waals surface area contributed by atoms with Crippen LogP contribution in [0.5, 0.6) is 0 Å². The summed E-state index contributed by atoms with van der Waals surface area (Å²) in [6.45, 7) is 2.75. The molecule has 0 spiro atoms. The summed E-state index contributed by atoms with van der Waals surface area (Å²) < 4.78 is 62.1. The van der Waals surface area contributed by atoms with Crippen molar-refractivity contribution in [1.29, 1.82) is 0 Å². The Labute approximate surface area is 121 Å². The zero-order valence-corrected chi connectivity index (χ0v) is 12.4. The van der Waals surface area contributed by atoms with Crippen LogP contribution in [-0.2, 0) is 16.6 Å². The third-order valence-electron chi connectivity index (χ3n) is 2.62. The maximum Gasteiger partial charge on any atom is 0.389 e. The lowest BCUT2D eigenvalue weighted by Crippen LogP contribution is -2.27. The molecule has 10 heteroatoms. The largest absolute Gasteiger partial charge is 0.389 e. The quantitative estimate of drug-likeness (QED) is 0.600. The van der Waals surface area contributed by atoms with Crippen molar-refractivity contribution in [2.45, 2.75) is 43.9 Å². The summed E-state index contributed by atoms with van der Waals surface area (Å²) in [5.41, 5.74) is 0.451. The van der Waals surface area contributed by atoms with Crippen molar-refractivity contribution in [1.82, 2.24) is 20.2 Å². The monoisotopic (exact) mass is 328 g/mol. The van der Waals surface area contributed by atoms with Gasteiger partial charge in [0.15, 0.2) is 5.03 Å². The Morgan fingerprint density at radius 3 is 2.67 bits per heavy atom. The summed E-state index contributed by atoms with van der Waals surface area (Å²) in [4.78, 5) is 0. The first kappa shape index (κ1) is 17.9. The van der Waals surface area contributed by atoms with E-state index in [9.17, 15) is 21.6 Å². The van der Waals surface area contributed by atoms with E-state index < -0.39 is 22.6 Å².